The van der Waals surface area contributed by atoms with Gasteiger partial charge in [-0.05, 0) is 36.4 Å². The molecule has 2 aromatic rings. The lowest BCUT2D eigenvalue weighted by Gasteiger charge is -2.05. The summed E-state index contributed by atoms with van der Waals surface area (Å²) in [6.07, 6.45) is 1.32. The highest BCUT2D eigenvalue weighted by Crippen LogP contribution is 2.27. The topological polar surface area (TPSA) is 91.2 Å². The Morgan fingerprint density at radius 1 is 1.19 bits per heavy atom. The first-order valence-corrected chi connectivity index (χ1v) is 6.10. The number of methoxy groups -OCH3 is 1. The predicted octanol–water partition coefficient (Wildman–Crippen LogP) is 1.87. The number of benzene rings is 2. The summed E-state index contributed by atoms with van der Waals surface area (Å²) in [4.78, 5) is 11.8. The van der Waals surface area contributed by atoms with Gasteiger partial charge in [-0.25, -0.2) is 5.43 Å². The molecule has 0 fully saturated rings. The van der Waals surface area contributed by atoms with Crippen molar-refractivity contribution in [3.63, 3.8) is 0 Å². The summed E-state index contributed by atoms with van der Waals surface area (Å²) in [5.74, 6) is -0.0727. The normalized spacial score (nSPS) is 10.5. The number of hydrogen-bond acceptors (Lipinski definition) is 5. The van der Waals surface area contributed by atoms with Gasteiger partial charge >= 0.3 is 0 Å². The monoisotopic (exact) mass is 286 g/mol. The lowest BCUT2D eigenvalue weighted by molar-refractivity contribution is 0.0955. The van der Waals surface area contributed by atoms with E-state index in [2.05, 4.69) is 10.5 Å². The minimum Gasteiger partial charge on any atom is -0.508 e. The van der Waals surface area contributed by atoms with E-state index in [9.17, 15) is 9.90 Å². The number of rotatable bonds is 4. The van der Waals surface area contributed by atoms with Crippen molar-refractivity contribution in [2.75, 3.05) is 7.11 Å². The molecular weight excluding hydrogens is 272 g/mol. The number of ether oxygens (including phenoxy) is 1. The molecule has 0 radical (unpaired) electrons. The fourth-order valence-electron chi connectivity index (χ4n) is 1.65. The number of phenolic OH excluding ortho intramolecular Hbond substituents is 2. The van der Waals surface area contributed by atoms with Crippen LogP contribution in [-0.4, -0.2) is 29.4 Å². The van der Waals surface area contributed by atoms with Crippen LogP contribution >= 0.6 is 0 Å². The van der Waals surface area contributed by atoms with Crippen LogP contribution in [0.4, 0.5) is 0 Å². The van der Waals surface area contributed by atoms with Gasteiger partial charge in [-0.1, -0.05) is 6.07 Å². The van der Waals surface area contributed by atoms with Gasteiger partial charge in [-0.15, -0.1) is 0 Å². The summed E-state index contributed by atoms with van der Waals surface area (Å²) in [6.45, 7) is 0. The van der Waals surface area contributed by atoms with Crippen LogP contribution < -0.4 is 10.2 Å². The van der Waals surface area contributed by atoms with Crippen molar-refractivity contribution in [1.29, 1.82) is 0 Å². The number of para-hydroxylation sites is 1. The van der Waals surface area contributed by atoms with Crippen LogP contribution in [0, 0.1) is 0 Å². The minimum absolute atomic E-state index is 0.0531. The van der Waals surface area contributed by atoms with Crippen LogP contribution in [0.5, 0.6) is 17.2 Å². The van der Waals surface area contributed by atoms with Crippen LogP contribution in [0.2, 0.25) is 0 Å². The first-order chi connectivity index (χ1) is 10.1. The number of hydrogen-bond donors (Lipinski definition) is 3. The second-order valence-corrected chi connectivity index (χ2v) is 4.14. The van der Waals surface area contributed by atoms with E-state index in [0.29, 0.717) is 16.9 Å². The lowest BCUT2D eigenvalue weighted by Crippen LogP contribution is -2.17. The molecule has 0 saturated heterocycles. The van der Waals surface area contributed by atoms with Gasteiger partial charge in [0.1, 0.15) is 5.75 Å². The molecule has 6 nitrogen and oxygen atoms in total. The van der Waals surface area contributed by atoms with Gasteiger partial charge in [-0.3, -0.25) is 4.79 Å². The van der Waals surface area contributed by atoms with E-state index < -0.39 is 5.91 Å². The molecule has 0 bridgehead atoms. The molecule has 0 spiro atoms. The number of carbonyl (C=O) groups excluding carboxylic acids is 1. The van der Waals surface area contributed by atoms with Crippen LogP contribution in [-0.2, 0) is 0 Å². The summed E-state index contributed by atoms with van der Waals surface area (Å²) in [6, 6.07) is 10.7. The Morgan fingerprint density at radius 3 is 2.57 bits per heavy atom. The Labute approximate surface area is 121 Å². The van der Waals surface area contributed by atoms with Crippen molar-refractivity contribution in [1.82, 2.24) is 5.43 Å². The molecule has 0 aliphatic heterocycles. The number of hydrazone groups is 1. The number of aromatic hydroxyl groups is 2. The Balaban J connectivity index is 2.05. The van der Waals surface area contributed by atoms with E-state index in [1.54, 1.807) is 18.2 Å². The maximum absolute atomic E-state index is 11.8. The predicted molar refractivity (Wildman–Crippen MR) is 77.8 cm³/mol. The molecule has 1 amide bonds. The fourth-order valence-corrected chi connectivity index (χ4v) is 1.65. The van der Waals surface area contributed by atoms with Crippen LogP contribution in [0.3, 0.4) is 0 Å². The zero-order valence-electron chi connectivity index (χ0n) is 11.3. The molecule has 21 heavy (non-hydrogen) atoms. The fraction of sp³-hybridized carbons (Fsp3) is 0.0667. The SMILES string of the molecule is COc1cccc(/C=N/NC(=O)c2ccc(O)cc2)c1O. The molecule has 3 N–H and O–H groups in total. The third-order valence-electron chi connectivity index (χ3n) is 2.75. The Morgan fingerprint density at radius 2 is 1.90 bits per heavy atom. The van der Waals surface area contributed by atoms with E-state index in [1.165, 1.54) is 37.6 Å². The quantitative estimate of drug-likeness (QED) is 0.591. The van der Waals surface area contributed by atoms with E-state index in [1.807, 2.05) is 0 Å². The van der Waals surface area contributed by atoms with Crippen molar-refractivity contribution >= 4 is 12.1 Å². The molecule has 2 rings (SSSR count). The summed E-state index contributed by atoms with van der Waals surface area (Å²) < 4.78 is 4.97. The highest BCUT2D eigenvalue weighted by Gasteiger charge is 2.06. The third-order valence-corrected chi connectivity index (χ3v) is 2.75. The summed E-state index contributed by atoms with van der Waals surface area (Å²) in [5.41, 5.74) is 3.11. The average molecular weight is 286 g/mol. The maximum Gasteiger partial charge on any atom is 0.271 e. The Kier molecular flexibility index (Phi) is 4.40. The molecule has 0 heterocycles. The molecule has 0 saturated carbocycles. The second-order valence-electron chi connectivity index (χ2n) is 4.14. The molecule has 0 aliphatic rings. The van der Waals surface area contributed by atoms with Crippen molar-refractivity contribution in [3.05, 3.63) is 53.6 Å². The molecule has 6 heteroatoms. The van der Waals surface area contributed by atoms with Crippen molar-refractivity contribution in [2.45, 2.75) is 0 Å². The summed E-state index contributed by atoms with van der Waals surface area (Å²) >= 11 is 0. The average Bonchev–Trinajstić information content (AvgIpc) is 2.49. The zero-order chi connectivity index (χ0) is 15.2. The van der Waals surface area contributed by atoms with E-state index in [0.717, 1.165) is 0 Å². The standard InChI is InChI=1S/C15H14N2O4/c1-21-13-4-2-3-11(14(13)19)9-16-17-15(20)10-5-7-12(18)8-6-10/h2-9,18-19H,1H3,(H,17,20)/b16-9+. The van der Waals surface area contributed by atoms with Crippen LogP contribution in [0.15, 0.2) is 47.6 Å². The molecular formula is C15H14N2O4. The van der Waals surface area contributed by atoms with E-state index in [-0.39, 0.29) is 11.5 Å². The van der Waals surface area contributed by atoms with Crippen LogP contribution in [0.25, 0.3) is 0 Å². The molecule has 2 aromatic carbocycles. The molecule has 0 atom stereocenters. The maximum atomic E-state index is 11.8. The van der Waals surface area contributed by atoms with Crippen molar-refractivity contribution in [2.24, 2.45) is 5.10 Å². The summed E-state index contributed by atoms with van der Waals surface area (Å²) in [5, 5.41) is 22.8. The minimum atomic E-state index is -0.423. The van der Waals surface area contributed by atoms with Crippen molar-refractivity contribution in [3.8, 4) is 17.2 Å². The van der Waals surface area contributed by atoms with Gasteiger partial charge in [0.2, 0.25) is 0 Å². The largest absolute Gasteiger partial charge is 0.508 e. The molecule has 0 unspecified atom stereocenters. The van der Waals surface area contributed by atoms with Gasteiger partial charge in [0.15, 0.2) is 11.5 Å². The van der Waals surface area contributed by atoms with Gasteiger partial charge in [0.25, 0.3) is 5.91 Å². The number of nitrogens with zero attached hydrogens (tertiary/aromatic N) is 1. The van der Waals surface area contributed by atoms with Crippen molar-refractivity contribution < 1.29 is 19.7 Å². The molecule has 0 aromatic heterocycles. The number of carbonyl (C=O) groups is 1. The first-order valence-electron chi connectivity index (χ1n) is 6.10. The summed E-state index contributed by atoms with van der Waals surface area (Å²) in [7, 11) is 1.45. The molecule has 108 valence electrons. The second kappa shape index (κ2) is 6.42. The smallest absolute Gasteiger partial charge is 0.271 e. The van der Waals surface area contributed by atoms with Gasteiger partial charge in [0.05, 0.1) is 13.3 Å². The highest BCUT2D eigenvalue weighted by atomic mass is 16.5. The number of phenols is 2. The Hall–Kier alpha value is -3.02. The first kappa shape index (κ1) is 14.4. The van der Waals surface area contributed by atoms with Gasteiger partial charge < -0.3 is 14.9 Å². The van der Waals surface area contributed by atoms with Gasteiger partial charge in [0, 0.05) is 11.1 Å². The lowest BCUT2D eigenvalue weighted by atomic mass is 10.2. The van der Waals surface area contributed by atoms with E-state index in [4.69, 9.17) is 9.84 Å². The number of amides is 1. The zero-order valence-corrected chi connectivity index (χ0v) is 11.3. The van der Waals surface area contributed by atoms with Gasteiger partial charge in [-0.2, -0.15) is 5.10 Å². The van der Waals surface area contributed by atoms with E-state index >= 15 is 0 Å². The van der Waals surface area contributed by atoms with Crippen LogP contribution in [0.1, 0.15) is 15.9 Å². The third kappa shape index (κ3) is 3.50. The number of nitrogens with one attached hydrogen (secondary N) is 1. The molecule has 0 aliphatic carbocycles. The highest BCUT2D eigenvalue weighted by molar-refractivity contribution is 5.95. The Bertz CT molecular complexity index is 666.